The molecule has 15 heavy (non-hydrogen) atoms. The van der Waals surface area contributed by atoms with E-state index in [1.807, 2.05) is 0 Å². The normalized spacial score (nSPS) is 17.7. The van der Waals surface area contributed by atoms with Crippen molar-refractivity contribution >= 4 is 5.97 Å². The standard InChI is InChI=1S/C10H15N3O2/c1-8(14)15-13-7-10(6-12-13)9-2-4-11-5-3-9/h6-7,9,11H,2-5H2,1H3. The number of rotatable bonds is 2. The molecule has 1 N–H and O–H groups in total. The number of nitrogens with one attached hydrogen (secondary N) is 1. The van der Waals surface area contributed by atoms with Gasteiger partial charge in [-0.25, -0.2) is 4.79 Å². The first-order valence-corrected chi connectivity index (χ1v) is 5.20. The molecule has 5 heteroatoms. The molecule has 0 aliphatic carbocycles. The molecule has 1 aliphatic heterocycles. The van der Waals surface area contributed by atoms with Crippen LogP contribution in [0.1, 0.15) is 31.2 Å². The maximum absolute atomic E-state index is 10.7. The molecule has 0 amide bonds. The topological polar surface area (TPSA) is 56.1 Å². The Hall–Kier alpha value is -1.36. The number of carbonyl (C=O) groups is 1. The van der Waals surface area contributed by atoms with Crippen LogP contribution in [0.4, 0.5) is 0 Å². The molecule has 1 fully saturated rings. The van der Waals surface area contributed by atoms with Crippen molar-refractivity contribution in [2.75, 3.05) is 13.1 Å². The van der Waals surface area contributed by atoms with Crippen LogP contribution >= 0.6 is 0 Å². The zero-order valence-corrected chi connectivity index (χ0v) is 8.77. The van der Waals surface area contributed by atoms with Crippen molar-refractivity contribution in [3.05, 3.63) is 18.0 Å². The number of piperidine rings is 1. The zero-order chi connectivity index (χ0) is 10.7. The summed E-state index contributed by atoms with van der Waals surface area (Å²) in [6.45, 7) is 3.46. The lowest BCUT2D eigenvalue weighted by Crippen LogP contribution is -2.26. The fourth-order valence-electron chi connectivity index (χ4n) is 1.87. The quantitative estimate of drug-likeness (QED) is 0.762. The monoisotopic (exact) mass is 209 g/mol. The molecule has 1 aliphatic rings. The third-order valence-corrected chi connectivity index (χ3v) is 2.61. The number of carbonyl (C=O) groups excluding carboxylic acids is 1. The average molecular weight is 209 g/mol. The molecule has 1 aromatic rings. The number of aromatic nitrogens is 2. The maximum atomic E-state index is 10.7. The Morgan fingerprint density at radius 1 is 1.60 bits per heavy atom. The first kappa shape index (κ1) is 10.2. The Balaban J connectivity index is 2.02. The van der Waals surface area contributed by atoms with Gasteiger partial charge in [0.25, 0.3) is 0 Å². The third-order valence-electron chi connectivity index (χ3n) is 2.61. The summed E-state index contributed by atoms with van der Waals surface area (Å²) in [5.41, 5.74) is 1.15. The van der Waals surface area contributed by atoms with Crippen molar-refractivity contribution in [1.82, 2.24) is 15.3 Å². The molecule has 0 saturated carbocycles. The van der Waals surface area contributed by atoms with E-state index in [1.165, 1.54) is 11.8 Å². The molecule has 0 unspecified atom stereocenters. The number of hydrogen-bond acceptors (Lipinski definition) is 4. The molecular weight excluding hydrogens is 194 g/mol. The lowest BCUT2D eigenvalue weighted by Gasteiger charge is -2.20. The van der Waals surface area contributed by atoms with Crippen LogP contribution < -0.4 is 10.2 Å². The van der Waals surface area contributed by atoms with Crippen LogP contribution in [0.5, 0.6) is 0 Å². The summed E-state index contributed by atoms with van der Waals surface area (Å²) < 4.78 is 0. The summed E-state index contributed by atoms with van der Waals surface area (Å²) >= 11 is 0. The number of nitrogens with zero attached hydrogens (tertiary/aromatic N) is 2. The van der Waals surface area contributed by atoms with Crippen LogP contribution in [-0.4, -0.2) is 29.0 Å². The summed E-state index contributed by atoms with van der Waals surface area (Å²) in [4.78, 5) is 16.8. The van der Waals surface area contributed by atoms with Crippen molar-refractivity contribution in [2.45, 2.75) is 25.7 Å². The Kier molecular flexibility index (Phi) is 3.01. The Labute approximate surface area is 88.4 Å². The van der Waals surface area contributed by atoms with Gasteiger partial charge in [0.15, 0.2) is 0 Å². The molecule has 1 saturated heterocycles. The van der Waals surface area contributed by atoms with Crippen molar-refractivity contribution in [3.63, 3.8) is 0 Å². The second kappa shape index (κ2) is 4.44. The second-order valence-corrected chi connectivity index (χ2v) is 3.78. The molecule has 5 nitrogen and oxygen atoms in total. The average Bonchev–Trinajstić information content (AvgIpc) is 2.67. The first-order valence-electron chi connectivity index (χ1n) is 5.20. The zero-order valence-electron chi connectivity index (χ0n) is 8.77. The van der Waals surface area contributed by atoms with Crippen LogP contribution in [0, 0.1) is 0 Å². The molecular formula is C10H15N3O2. The van der Waals surface area contributed by atoms with E-state index < -0.39 is 0 Å². The van der Waals surface area contributed by atoms with E-state index in [9.17, 15) is 4.79 Å². The highest BCUT2D eigenvalue weighted by atomic mass is 16.7. The number of hydrogen-bond donors (Lipinski definition) is 1. The van der Waals surface area contributed by atoms with Crippen LogP contribution in [0.3, 0.4) is 0 Å². The van der Waals surface area contributed by atoms with Gasteiger partial charge in [0, 0.05) is 6.92 Å². The van der Waals surface area contributed by atoms with Gasteiger partial charge in [-0.2, -0.15) is 0 Å². The van der Waals surface area contributed by atoms with Gasteiger partial charge >= 0.3 is 5.97 Å². The van der Waals surface area contributed by atoms with Gasteiger partial charge in [0.05, 0.1) is 12.4 Å². The molecule has 0 atom stereocenters. The molecule has 0 spiro atoms. The van der Waals surface area contributed by atoms with Gasteiger partial charge in [0.2, 0.25) is 0 Å². The lowest BCUT2D eigenvalue weighted by atomic mass is 9.93. The lowest BCUT2D eigenvalue weighted by molar-refractivity contribution is -0.143. The predicted octanol–water partition coefficient (Wildman–Crippen LogP) is 0.325. The summed E-state index contributed by atoms with van der Waals surface area (Å²) in [5.74, 6) is 0.186. The fraction of sp³-hybridized carbons (Fsp3) is 0.600. The van der Waals surface area contributed by atoms with Crippen LogP contribution in [-0.2, 0) is 4.79 Å². The Bertz CT molecular complexity index is 342. The molecule has 0 bridgehead atoms. The van der Waals surface area contributed by atoms with E-state index in [-0.39, 0.29) is 5.97 Å². The third kappa shape index (κ3) is 2.56. The fourth-order valence-corrected chi connectivity index (χ4v) is 1.87. The van der Waals surface area contributed by atoms with Crippen LogP contribution in [0.15, 0.2) is 12.4 Å². The summed E-state index contributed by atoms with van der Waals surface area (Å²) in [7, 11) is 0. The predicted molar refractivity (Wildman–Crippen MR) is 54.3 cm³/mol. The highest BCUT2D eigenvalue weighted by molar-refractivity contribution is 5.66. The minimum Gasteiger partial charge on any atom is -0.320 e. The van der Waals surface area contributed by atoms with Gasteiger partial charge in [0.1, 0.15) is 0 Å². The molecule has 1 aromatic heterocycles. The smallest absolute Gasteiger partial charge is 0.320 e. The van der Waals surface area contributed by atoms with E-state index in [0.29, 0.717) is 5.92 Å². The van der Waals surface area contributed by atoms with Crippen molar-refractivity contribution in [2.24, 2.45) is 0 Å². The first-order chi connectivity index (χ1) is 7.25. The van der Waals surface area contributed by atoms with Gasteiger partial charge < -0.3 is 10.2 Å². The van der Waals surface area contributed by atoms with Crippen molar-refractivity contribution in [1.29, 1.82) is 0 Å². The molecule has 0 radical (unpaired) electrons. The molecule has 2 rings (SSSR count). The molecule has 0 aromatic carbocycles. The van der Waals surface area contributed by atoms with Crippen LogP contribution in [0.2, 0.25) is 0 Å². The largest absolute Gasteiger partial charge is 0.331 e. The molecule has 82 valence electrons. The minimum atomic E-state index is -0.352. The van der Waals surface area contributed by atoms with Gasteiger partial charge in [-0.3, -0.25) is 0 Å². The Morgan fingerprint density at radius 2 is 2.33 bits per heavy atom. The van der Waals surface area contributed by atoms with Gasteiger partial charge in [-0.05, 0) is 37.4 Å². The van der Waals surface area contributed by atoms with E-state index in [2.05, 4.69) is 10.4 Å². The van der Waals surface area contributed by atoms with E-state index in [1.54, 1.807) is 12.4 Å². The maximum Gasteiger partial charge on any atom is 0.331 e. The van der Waals surface area contributed by atoms with E-state index in [0.717, 1.165) is 31.5 Å². The second-order valence-electron chi connectivity index (χ2n) is 3.78. The van der Waals surface area contributed by atoms with E-state index in [4.69, 9.17) is 4.84 Å². The highest BCUT2D eigenvalue weighted by Crippen LogP contribution is 2.23. The minimum absolute atomic E-state index is 0.352. The van der Waals surface area contributed by atoms with Crippen molar-refractivity contribution < 1.29 is 9.63 Å². The van der Waals surface area contributed by atoms with Gasteiger partial charge in [-0.1, -0.05) is 4.85 Å². The van der Waals surface area contributed by atoms with Crippen molar-refractivity contribution in [3.8, 4) is 0 Å². The molecule has 2 heterocycles. The highest BCUT2D eigenvalue weighted by Gasteiger charge is 2.17. The summed E-state index contributed by atoms with van der Waals surface area (Å²) in [6.07, 6.45) is 5.80. The Morgan fingerprint density at radius 3 is 3.00 bits per heavy atom. The van der Waals surface area contributed by atoms with Gasteiger partial charge in [-0.15, -0.1) is 5.10 Å². The summed E-state index contributed by atoms with van der Waals surface area (Å²) in [6, 6.07) is 0. The summed E-state index contributed by atoms with van der Waals surface area (Å²) in [5, 5.41) is 7.30. The van der Waals surface area contributed by atoms with Crippen LogP contribution in [0.25, 0.3) is 0 Å². The van der Waals surface area contributed by atoms with E-state index >= 15 is 0 Å². The SMILES string of the molecule is CC(=O)On1cc(C2CCNCC2)cn1.